The van der Waals surface area contributed by atoms with Crippen molar-refractivity contribution < 1.29 is 9.47 Å². The highest BCUT2D eigenvalue weighted by Crippen LogP contribution is 2.30. The third kappa shape index (κ3) is 6.39. The third-order valence-electron chi connectivity index (χ3n) is 4.74. The van der Waals surface area contributed by atoms with Gasteiger partial charge in [0, 0.05) is 6.61 Å². The topological polar surface area (TPSA) is 18.5 Å². The van der Waals surface area contributed by atoms with E-state index in [9.17, 15) is 0 Å². The molecule has 1 aromatic carbocycles. The molecule has 1 fully saturated rings. The van der Waals surface area contributed by atoms with E-state index in [-0.39, 0.29) is 0 Å². The first-order chi connectivity index (χ1) is 10.8. The van der Waals surface area contributed by atoms with Crippen molar-refractivity contribution in [1.29, 1.82) is 0 Å². The number of hydrogen-bond acceptors (Lipinski definition) is 2. The molecule has 0 bridgehead atoms. The molecule has 0 radical (unpaired) electrons. The van der Waals surface area contributed by atoms with Gasteiger partial charge in [-0.15, -0.1) is 0 Å². The van der Waals surface area contributed by atoms with Crippen LogP contribution in [-0.4, -0.2) is 13.2 Å². The molecule has 0 heterocycles. The van der Waals surface area contributed by atoms with E-state index in [1.807, 2.05) is 6.07 Å². The largest absolute Gasteiger partial charge is 0.494 e. The Morgan fingerprint density at radius 1 is 1.09 bits per heavy atom. The lowest BCUT2D eigenvalue weighted by Gasteiger charge is -2.25. The van der Waals surface area contributed by atoms with Crippen LogP contribution in [0.15, 0.2) is 24.3 Å². The summed E-state index contributed by atoms with van der Waals surface area (Å²) in [6.45, 7) is 6.96. The molecule has 0 spiro atoms. The summed E-state index contributed by atoms with van der Waals surface area (Å²) >= 11 is 0. The van der Waals surface area contributed by atoms with Crippen molar-refractivity contribution in [2.24, 2.45) is 11.8 Å². The van der Waals surface area contributed by atoms with Gasteiger partial charge in [-0.3, -0.25) is 0 Å². The molecule has 22 heavy (non-hydrogen) atoms. The van der Waals surface area contributed by atoms with Crippen LogP contribution in [0.3, 0.4) is 0 Å². The van der Waals surface area contributed by atoms with Gasteiger partial charge in [-0.25, -0.2) is 0 Å². The second-order valence-corrected chi connectivity index (χ2v) is 6.82. The maximum Gasteiger partial charge on any atom is 0.119 e. The molecule has 1 aliphatic carbocycles. The Morgan fingerprint density at radius 3 is 2.68 bits per heavy atom. The Morgan fingerprint density at radius 2 is 1.91 bits per heavy atom. The molecule has 0 unspecified atom stereocenters. The van der Waals surface area contributed by atoms with Crippen LogP contribution >= 0.6 is 0 Å². The van der Waals surface area contributed by atoms with Crippen LogP contribution < -0.4 is 4.74 Å². The van der Waals surface area contributed by atoms with Crippen molar-refractivity contribution in [2.45, 2.75) is 65.4 Å². The average molecular weight is 304 g/mol. The van der Waals surface area contributed by atoms with Crippen molar-refractivity contribution in [3.8, 4) is 5.75 Å². The van der Waals surface area contributed by atoms with E-state index >= 15 is 0 Å². The van der Waals surface area contributed by atoms with Crippen LogP contribution in [0.1, 0.15) is 64.4 Å². The first-order valence-electron chi connectivity index (χ1n) is 9.07. The van der Waals surface area contributed by atoms with Crippen molar-refractivity contribution in [1.82, 2.24) is 0 Å². The van der Waals surface area contributed by atoms with Crippen molar-refractivity contribution in [3.63, 3.8) is 0 Å². The molecule has 2 nitrogen and oxygen atoms in total. The summed E-state index contributed by atoms with van der Waals surface area (Å²) in [7, 11) is 0. The van der Waals surface area contributed by atoms with Crippen molar-refractivity contribution in [3.05, 3.63) is 29.8 Å². The van der Waals surface area contributed by atoms with Gasteiger partial charge in [-0.1, -0.05) is 58.1 Å². The lowest BCUT2D eigenvalue weighted by atomic mass is 9.82. The molecule has 2 heteroatoms. The predicted octanol–water partition coefficient (Wildman–Crippen LogP) is 5.60. The monoisotopic (exact) mass is 304 g/mol. The molecule has 1 aliphatic rings. The molecule has 0 atom stereocenters. The maximum absolute atomic E-state index is 5.87. The van der Waals surface area contributed by atoms with Crippen LogP contribution in [0.2, 0.25) is 0 Å². The summed E-state index contributed by atoms with van der Waals surface area (Å²) in [6.07, 6.45) is 9.10. The fourth-order valence-corrected chi connectivity index (χ4v) is 3.12. The Labute approximate surface area is 136 Å². The highest BCUT2D eigenvalue weighted by Gasteiger charge is 2.17. The van der Waals surface area contributed by atoms with Gasteiger partial charge in [-0.2, -0.15) is 0 Å². The van der Waals surface area contributed by atoms with E-state index in [4.69, 9.17) is 9.47 Å². The summed E-state index contributed by atoms with van der Waals surface area (Å²) in [5, 5.41) is 0. The number of ether oxygens (including phenoxy) is 2. The second kappa shape index (κ2) is 9.89. The first-order valence-corrected chi connectivity index (χ1v) is 9.07. The summed E-state index contributed by atoms with van der Waals surface area (Å²) in [5.74, 6) is 2.79. The number of benzene rings is 1. The Bertz CT molecular complexity index is 408. The van der Waals surface area contributed by atoms with Crippen LogP contribution in [0, 0.1) is 11.8 Å². The summed E-state index contributed by atoms with van der Waals surface area (Å²) in [6, 6.07) is 8.32. The van der Waals surface area contributed by atoms with Gasteiger partial charge in [0.25, 0.3) is 0 Å². The Kier molecular flexibility index (Phi) is 7.79. The standard InChI is InChI=1S/C20H32O2/c1-3-4-13-22-20-7-5-6-19(15-20)16-21-14-12-18-10-8-17(2)9-11-18/h5-7,15,17-18H,3-4,8-14,16H2,1-2H3. The smallest absolute Gasteiger partial charge is 0.119 e. The minimum Gasteiger partial charge on any atom is -0.494 e. The lowest BCUT2D eigenvalue weighted by Crippen LogP contribution is -2.14. The fourth-order valence-electron chi connectivity index (χ4n) is 3.12. The van der Waals surface area contributed by atoms with E-state index in [0.717, 1.165) is 37.2 Å². The van der Waals surface area contributed by atoms with Gasteiger partial charge in [0.1, 0.15) is 5.75 Å². The predicted molar refractivity (Wildman–Crippen MR) is 92.2 cm³/mol. The van der Waals surface area contributed by atoms with Gasteiger partial charge in [0.05, 0.1) is 13.2 Å². The van der Waals surface area contributed by atoms with E-state index in [1.54, 1.807) is 0 Å². The molecule has 0 aliphatic heterocycles. The average Bonchev–Trinajstić information content (AvgIpc) is 2.54. The molecule has 1 aromatic rings. The van der Waals surface area contributed by atoms with E-state index < -0.39 is 0 Å². The molecule has 2 rings (SSSR count). The van der Waals surface area contributed by atoms with E-state index in [0.29, 0.717) is 6.61 Å². The van der Waals surface area contributed by atoms with Crippen molar-refractivity contribution in [2.75, 3.05) is 13.2 Å². The summed E-state index contributed by atoms with van der Waals surface area (Å²) < 4.78 is 11.6. The first kappa shape index (κ1) is 17.3. The zero-order chi connectivity index (χ0) is 15.6. The minimum absolute atomic E-state index is 0.702. The number of unbranched alkanes of at least 4 members (excludes halogenated alkanes) is 1. The van der Waals surface area contributed by atoms with Crippen LogP contribution in [0.25, 0.3) is 0 Å². The summed E-state index contributed by atoms with van der Waals surface area (Å²) in [4.78, 5) is 0. The highest BCUT2D eigenvalue weighted by atomic mass is 16.5. The SMILES string of the molecule is CCCCOc1cccc(COCCC2CCC(C)CC2)c1. The number of rotatable bonds is 9. The van der Waals surface area contributed by atoms with Crippen molar-refractivity contribution >= 4 is 0 Å². The van der Waals surface area contributed by atoms with Crippen LogP contribution in [0.5, 0.6) is 5.75 Å². The molecule has 124 valence electrons. The molecule has 0 amide bonds. The molecule has 0 aromatic heterocycles. The van der Waals surface area contributed by atoms with Gasteiger partial charge >= 0.3 is 0 Å². The van der Waals surface area contributed by atoms with Crippen LogP contribution in [0.4, 0.5) is 0 Å². The zero-order valence-corrected chi connectivity index (χ0v) is 14.4. The lowest BCUT2D eigenvalue weighted by molar-refractivity contribution is 0.0985. The van der Waals surface area contributed by atoms with Gasteiger partial charge in [0.2, 0.25) is 0 Å². The molecular weight excluding hydrogens is 272 g/mol. The highest BCUT2D eigenvalue weighted by molar-refractivity contribution is 5.28. The van der Waals surface area contributed by atoms with Gasteiger partial charge in [0.15, 0.2) is 0 Å². The Balaban J connectivity index is 1.63. The fraction of sp³-hybridized carbons (Fsp3) is 0.700. The normalized spacial score (nSPS) is 21.7. The molecule has 0 N–H and O–H groups in total. The van der Waals surface area contributed by atoms with E-state index in [2.05, 4.69) is 32.0 Å². The second-order valence-electron chi connectivity index (χ2n) is 6.82. The number of hydrogen-bond donors (Lipinski definition) is 0. The zero-order valence-electron chi connectivity index (χ0n) is 14.4. The third-order valence-corrected chi connectivity index (χ3v) is 4.74. The molecule has 0 saturated heterocycles. The molecular formula is C20H32O2. The maximum atomic E-state index is 5.87. The molecule has 1 saturated carbocycles. The van der Waals surface area contributed by atoms with Gasteiger partial charge < -0.3 is 9.47 Å². The van der Waals surface area contributed by atoms with E-state index in [1.165, 1.54) is 44.1 Å². The van der Waals surface area contributed by atoms with Crippen LogP contribution in [-0.2, 0) is 11.3 Å². The van der Waals surface area contributed by atoms with Gasteiger partial charge in [-0.05, 0) is 42.4 Å². The quantitative estimate of drug-likeness (QED) is 0.553. The minimum atomic E-state index is 0.702. The summed E-state index contributed by atoms with van der Waals surface area (Å²) in [5.41, 5.74) is 1.21. The Hall–Kier alpha value is -1.02.